The molecule has 2 heterocycles. The van der Waals surface area contributed by atoms with Crippen molar-refractivity contribution in [1.29, 1.82) is 0 Å². The number of ketones is 1. The molecule has 0 saturated heterocycles. The molecule has 9 heteroatoms. The van der Waals surface area contributed by atoms with E-state index in [9.17, 15) is 14.4 Å². The highest BCUT2D eigenvalue weighted by molar-refractivity contribution is 6.36. The molecule has 0 radical (unpaired) electrons. The Labute approximate surface area is 150 Å². The quantitative estimate of drug-likeness (QED) is 0.553. The van der Waals surface area contributed by atoms with Crippen LogP contribution in [0, 0.1) is 0 Å². The second kappa shape index (κ2) is 7.00. The summed E-state index contributed by atoms with van der Waals surface area (Å²) in [5.41, 5.74) is 0.00165. The molecule has 0 amide bonds. The highest BCUT2D eigenvalue weighted by Crippen LogP contribution is 2.21. The fourth-order valence-corrected chi connectivity index (χ4v) is 2.60. The second-order valence-electron chi connectivity index (χ2n) is 4.94. The van der Waals surface area contributed by atoms with Crippen molar-refractivity contribution in [3.05, 3.63) is 68.4 Å². The molecule has 1 aromatic carbocycles. The summed E-state index contributed by atoms with van der Waals surface area (Å²) in [6.45, 7) is -0.525. The molecule has 0 atom stereocenters. The monoisotopic (exact) mass is 377 g/mol. The number of benzene rings is 1. The van der Waals surface area contributed by atoms with Gasteiger partial charge < -0.3 is 9.72 Å². The van der Waals surface area contributed by atoms with Crippen molar-refractivity contribution in [3.8, 4) is 0 Å². The Kier molecular flexibility index (Phi) is 4.78. The van der Waals surface area contributed by atoms with Crippen LogP contribution in [0.4, 0.5) is 0 Å². The maximum Gasteiger partial charge on any atom is 0.357 e. The van der Waals surface area contributed by atoms with Crippen LogP contribution in [-0.2, 0) is 4.74 Å². The van der Waals surface area contributed by atoms with Gasteiger partial charge in [0.25, 0.3) is 5.56 Å². The van der Waals surface area contributed by atoms with Gasteiger partial charge in [-0.2, -0.15) is 0 Å². The summed E-state index contributed by atoms with van der Waals surface area (Å²) in [6, 6.07) is 5.62. The van der Waals surface area contributed by atoms with E-state index < -0.39 is 23.9 Å². The van der Waals surface area contributed by atoms with Gasteiger partial charge in [0.15, 0.2) is 6.61 Å². The van der Waals surface area contributed by atoms with E-state index in [0.717, 1.165) is 0 Å². The Morgan fingerprint density at radius 1 is 1.16 bits per heavy atom. The fourth-order valence-electron chi connectivity index (χ4n) is 2.08. The molecular weight excluding hydrogens is 369 g/mol. The van der Waals surface area contributed by atoms with Crippen LogP contribution in [0.25, 0.3) is 10.9 Å². The summed E-state index contributed by atoms with van der Waals surface area (Å²) in [6.07, 6.45) is 2.51. The predicted molar refractivity (Wildman–Crippen MR) is 91.2 cm³/mol. The number of H-pyrrole nitrogens is 1. The third-order valence-electron chi connectivity index (χ3n) is 3.30. The molecular formula is C16H9Cl2N3O4. The lowest BCUT2D eigenvalue weighted by Crippen LogP contribution is -2.16. The Bertz CT molecular complexity index is 1050. The van der Waals surface area contributed by atoms with Gasteiger partial charge in [-0.15, -0.1) is 0 Å². The number of hydrogen-bond donors (Lipinski definition) is 1. The van der Waals surface area contributed by atoms with Gasteiger partial charge in [0.1, 0.15) is 5.69 Å². The third kappa shape index (κ3) is 3.67. The van der Waals surface area contributed by atoms with Gasteiger partial charge in [0.2, 0.25) is 5.78 Å². The minimum Gasteiger partial charge on any atom is -0.453 e. The van der Waals surface area contributed by atoms with Crippen molar-refractivity contribution in [2.24, 2.45) is 0 Å². The van der Waals surface area contributed by atoms with E-state index in [4.69, 9.17) is 27.9 Å². The molecule has 3 rings (SSSR count). The maximum atomic E-state index is 12.1. The fraction of sp³-hybridized carbons (Fsp3) is 0.0625. The number of carbonyl (C=O) groups is 2. The number of nitrogens with zero attached hydrogens (tertiary/aromatic N) is 2. The first kappa shape index (κ1) is 17.1. The molecule has 0 bridgehead atoms. The van der Waals surface area contributed by atoms with Gasteiger partial charge >= 0.3 is 5.97 Å². The molecule has 126 valence electrons. The molecule has 2 aromatic heterocycles. The first-order valence-corrected chi connectivity index (χ1v) is 7.70. The number of pyridine rings is 1. The molecule has 3 aromatic rings. The average Bonchev–Trinajstić information content (AvgIpc) is 2.59. The van der Waals surface area contributed by atoms with Crippen LogP contribution in [-0.4, -0.2) is 33.3 Å². The maximum absolute atomic E-state index is 12.1. The largest absolute Gasteiger partial charge is 0.453 e. The van der Waals surface area contributed by atoms with Gasteiger partial charge in [-0.1, -0.05) is 23.2 Å². The van der Waals surface area contributed by atoms with E-state index >= 15 is 0 Å². The van der Waals surface area contributed by atoms with Gasteiger partial charge in [0, 0.05) is 10.6 Å². The zero-order valence-electron chi connectivity index (χ0n) is 12.5. The number of carbonyl (C=O) groups excluding carboxylic acids is 2. The van der Waals surface area contributed by atoms with Crippen LogP contribution in [0.3, 0.4) is 0 Å². The van der Waals surface area contributed by atoms with E-state index in [-0.39, 0.29) is 21.7 Å². The number of halogens is 2. The molecule has 0 fully saturated rings. The average molecular weight is 378 g/mol. The Morgan fingerprint density at radius 2 is 1.96 bits per heavy atom. The van der Waals surface area contributed by atoms with Crippen LogP contribution in [0.2, 0.25) is 10.0 Å². The van der Waals surface area contributed by atoms with Crippen LogP contribution >= 0.6 is 23.2 Å². The number of fused-ring (bicyclic) bond motifs is 1. The number of aromatic nitrogens is 3. The third-order valence-corrected chi connectivity index (χ3v) is 3.85. The van der Waals surface area contributed by atoms with Crippen LogP contribution in [0.1, 0.15) is 20.8 Å². The first-order chi connectivity index (χ1) is 12.0. The molecule has 25 heavy (non-hydrogen) atoms. The van der Waals surface area contributed by atoms with Crippen molar-refractivity contribution in [3.63, 3.8) is 0 Å². The molecule has 1 N–H and O–H groups in total. The minimum atomic E-state index is -0.844. The van der Waals surface area contributed by atoms with Gasteiger partial charge in [0.05, 0.1) is 28.4 Å². The second-order valence-corrected chi connectivity index (χ2v) is 5.79. The SMILES string of the molecule is O=C(OCC(=O)c1ccc(Cl)cc1Cl)c1cc2c(=O)[nH]cnc2cn1. The van der Waals surface area contributed by atoms with Crippen LogP contribution in [0.5, 0.6) is 0 Å². The summed E-state index contributed by atoms with van der Waals surface area (Å²) in [7, 11) is 0. The lowest BCUT2D eigenvalue weighted by Gasteiger charge is -2.06. The number of ether oxygens (including phenoxy) is 1. The lowest BCUT2D eigenvalue weighted by molar-refractivity contribution is 0.0469. The highest BCUT2D eigenvalue weighted by Gasteiger charge is 2.16. The number of nitrogens with one attached hydrogen (secondary N) is 1. The van der Waals surface area contributed by atoms with E-state index in [2.05, 4.69) is 15.0 Å². The highest BCUT2D eigenvalue weighted by atomic mass is 35.5. The Balaban J connectivity index is 1.75. The summed E-state index contributed by atoms with van der Waals surface area (Å²) in [4.78, 5) is 46.1. The molecule has 0 aliphatic rings. The topological polar surface area (TPSA) is 102 Å². The summed E-state index contributed by atoms with van der Waals surface area (Å²) >= 11 is 11.7. The summed E-state index contributed by atoms with van der Waals surface area (Å²) in [5, 5.41) is 0.740. The predicted octanol–water partition coefficient (Wildman–Crippen LogP) is 2.66. The molecule has 0 saturated carbocycles. The van der Waals surface area contributed by atoms with Gasteiger partial charge in [-0.25, -0.2) is 14.8 Å². The number of esters is 1. The number of hydrogen-bond acceptors (Lipinski definition) is 6. The van der Waals surface area contributed by atoms with Gasteiger partial charge in [-0.05, 0) is 24.3 Å². The number of aromatic amines is 1. The minimum absolute atomic E-state index is 0.110. The standard InChI is InChI=1S/C16H9Cl2N3O4/c17-8-1-2-9(11(18)3-8)14(22)6-25-16(24)12-4-10-13(5-19-12)20-7-21-15(10)23/h1-5,7H,6H2,(H,20,21,23). The van der Waals surface area contributed by atoms with E-state index in [0.29, 0.717) is 10.5 Å². The van der Waals surface area contributed by atoms with E-state index in [1.807, 2.05) is 0 Å². The zero-order valence-corrected chi connectivity index (χ0v) is 14.0. The summed E-state index contributed by atoms with van der Waals surface area (Å²) < 4.78 is 4.94. The molecule has 7 nitrogen and oxygen atoms in total. The first-order valence-electron chi connectivity index (χ1n) is 6.94. The van der Waals surface area contributed by atoms with Gasteiger partial charge in [-0.3, -0.25) is 9.59 Å². The lowest BCUT2D eigenvalue weighted by atomic mass is 10.1. The smallest absolute Gasteiger partial charge is 0.357 e. The van der Waals surface area contributed by atoms with E-state index in [1.165, 1.54) is 36.8 Å². The normalized spacial score (nSPS) is 10.6. The Hall–Kier alpha value is -2.77. The molecule has 0 aliphatic carbocycles. The van der Waals surface area contributed by atoms with Crippen LogP contribution in [0.15, 0.2) is 41.6 Å². The molecule has 0 unspecified atom stereocenters. The van der Waals surface area contributed by atoms with Crippen molar-refractivity contribution < 1.29 is 14.3 Å². The molecule has 0 aliphatic heterocycles. The van der Waals surface area contributed by atoms with Crippen molar-refractivity contribution in [2.75, 3.05) is 6.61 Å². The zero-order chi connectivity index (χ0) is 18.0. The summed E-state index contributed by atoms with van der Waals surface area (Å²) in [5.74, 6) is -1.33. The van der Waals surface area contributed by atoms with Crippen LogP contribution < -0.4 is 5.56 Å². The van der Waals surface area contributed by atoms with Crippen molar-refractivity contribution >= 4 is 45.9 Å². The van der Waals surface area contributed by atoms with Crippen molar-refractivity contribution in [2.45, 2.75) is 0 Å². The number of rotatable bonds is 4. The Morgan fingerprint density at radius 3 is 2.72 bits per heavy atom. The molecule has 0 spiro atoms. The number of Topliss-reactive ketones (excluding diaryl/α,β-unsaturated/α-hetero) is 1. The van der Waals surface area contributed by atoms with Crippen molar-refractivity contribution in [1.82, 2.24) is 15.0 Å². The van der Waals surface area contributed by atoms with E-state index in [1.54, 1.807) is 0 Å².